The zero-order valence-corrected chi connectivity index (χ0v) is 7.36. The van der Waals surface area contributed by atoms with Crippen LogP contribution in [-0.4, -0.2) is 36.1 Å². The van der Waals surface area contributed by atoms with Crippen molar-refractivity contribution in [2.24, 2.45) is 17.8 Å². The fraction of sp³-hybridized carbons (Fsp3) is 0.889. The predicted molar refractivity (Wildman–Crippen MR) is 44.8 cm³/mol. The van der Waals surface area contributed by atoms with E-state index < -0.39 is 5.97 Å². The molecule has 1 aliphatic carbocycles. The number of aliphatic carboxylic acids is 1. The number of carboxylic acids is 1. The number of likely N-dealkylation sites (tertiary alicyclic amines) is 1. The number of hydrogen-bond acceptors (Lipinski definition) is 2. The summed E-state index contributed by atoms with van der Waals surface area (Å²) in [6, 6.07) is 0. The molecule has 0 spiro atoms. The molecule has 0 bridgehead atoms. The molecule has 2 rings (SSSR count). The Morgan fingerprint density at radius 3 is 2.25 bits per heavy atom. The number of carbonyl (C=O) groups is 1. The van der Waals surface area contributed by atoms with E-state index in [4.69, 9.17) is 5.11 Å². The molecule has 68 valence electrons. The van der Waals surface area contributed by atoms with Gasteiger partial charge in [-0.2, -0.15) is 0 Å². The van der Waals surface area contributed by atoms with Gasteiger partial charge in [-0.05, 0) is 31.7 Å². The van der Waals surface area contributed by atoms with Crippen molar-refractivity contribution in [3.8, 4) is 0 Å². The van der Waals surface area contributed by atoms with Gasteiger partial charge in [-0.15, -0.1) is 0 Å². The maximum Gasteiger partial charge on any atom is 0.306 e. The molecule has 2 fully saturated rings. The van der Waals surface area contributed by atoms with Crippen LogP contribution in [0.4, 0.5) is 0 Å². The Labute approximate surface area is 72.4 Å². The second kappa shape index (κ2) is 2.73. The number of hydrogen-bond donors (Lipinski definition) is 1. The van der Waals surface area contributed by atoms with Crippen LogP contribution in [0.15, 0.2) is 0 Å². The molecule has 12 heavy (non-hydrogen) atoms. The third kappa shape index (κ3) is 1.22. The van der Waals surface area contributed by atoms with Crippen molar-refractivity contribution in [1.29, 1.82) is 0 Å². The maximum absolute atomic E-state index is 10.7. The van der Waals surface area contributed by atoms with Gasteiger partial charge in [0.15, 0.2) is 0 Å². The smallest absolute Gasteiger partial charge is 0.306 e. The van der Waals surface area contributed by atoms with Gasteiger partial charge in [-0.1, -0.05) is 0 Å². The van der Waals surface area contributed by atoms with Crippen molar-refractivity contribution in [1.82, 2.24) is 4.90 Å². The molecular formula is C9H15NO2. The Balaban J connectivity index is 1.98. The molecule has 0 aromatic heterocycles. The first-order valence-electron chi connectivity index (χ1n) is 4.58. The molecule has 2 atom stereocenters. The van der Waals surface area contributed by atoms with Gasteiger partial charge >= 0.3 is 5.97 Å². The van der Waals surface area contributed by atoms with Crippen LogP contribution in [0.1, 0.15) is 12.8 Å². The average molecular weight is 169 g/mol. The number of rotatable bonds is 1. The normalized spacial score (nSPS) is 37.1. The minimum absolute atomic E-state index is 0.0475. The molecule has 1 saturated heterocycles. The lowest BCUT2D eigenvalue weighted by Crippen LogP contribution is -2.19. The summed E-state index contributed by atoms with van der Waals surface area (Å²) >= 11 is 0. The van der Waals surface area contributed by atoms with Crippen molar-refractivity contribution in [2.45, 2.75) is 12.8 Å². The highest BCUT2D eigenvalue weighted by Crippen LogP contribution is 2.40. The Kier molecular flexibility index (Phi) is 1.83. The van der Waals surface area contributed by atoms with E-state index in [0.717, 1.165) is 25.9 Å². The highest BCUT2D eigenvalue weighted by Gasteiger charge is 2.42. The summed E-state index contributed by atoms with van der Waals surface area (Å²) < 4.78 is 0. The van der Waals surface area contributed by atoms with Gasteiger partial charge in [-0.3, -0.25) is 4.79 Å². The van der Waals surface area contributed by atoms with Gasteiger partial charge in [0.25, 0.3) is 0 Å². The van der Waals surface area contributed by atoms with Crippen LogP contribution in [-0.2, 0) is 4.79 Å². The lowest BCUT2D eigenvalue weighted by atomic mass is 10.0. The number of nitrogens with zero attached hydrogens (tertiary/aromatic N) is 1. The molecule has 3 nitrogen and oxygen atoms in total. The second-order valence-corrected chi connectivity index (χ2v) is 4.25. The monoisotopic (exact) mass is 169 g/mol. The summed E-state index contributed by atoms with van der Waals surface area (Å²) in [6.07, 6.45) is 1.81. The highest BCUT2D eigenvalue weighted by molar-refractivity contribution is 5.70. The van der Waals surface area contributed by atoms with E-state index in [9.17, 15) is 4.79 Å². The fourth-order valence-corrected chi connectivity index (χ4v) is 2.74. The molecular weight excluding hydrogens is 154 g/mol. The van der Waals surface area contributed by atoms with E-state index in [0.29, 0.717) is 11.8 Å². The van der Waals surface area contributed by atoms with Crippen LogP contribution in [0.25, 0.3) is 0 Å². The summed E-state index contributed by atoms with van der Waals surface area (Å²) in [4.78, 5) is 13.0. The quantitative estimate of drug-likeness (QED) is 0.627. The topological polar surface area (TPSA) is 40.5 Å². The van der Waals surface area contributed by atoms with E-state index >= 15 is 0 Å². The van der Waals surface area contributed by atoms with Gasteiger partial charge < -0.3 is 10.0 Å². The maximum atomic E-state index is 10.7. The van der Waals surface area contributed by atoms with Crippen LogP contribution in [0.3, 0.4) is 0 Å². The Hall–Kier alpha value is -0.570. The molecule has 1 aliphatic heterocycles. The minimum Gasteiger partial charge on any atom is -0.481 e. The molecule has 0 unspecified atom stereocenters. The Bertz CT molecular complexity index is 191. The second-order valence-electron chi connectivity index (χ2n) is 4.25. The SMILES string of the molecule is CN1C[C@@H]2CC(C(=O)O)C[C@H]2C1. The third-order valence-electron chi connectivity index (χ3n) is 3.28. The molecule has 2 aliphatic rings. The third-order valence-corrected chi connectivity index (χ3v) is 3.28. The van der Waals surface area contributed by atoms with Crippen LogP contribution < -0.4 is 0 Å². The first kappa shape index (κ1) is 8.05. The summed E-state index contributed by atoms with van der Waals surface area (Å²) in [5.74, 6) is 0.688. The molecule has 1 heterocycles. The van der Waals surface area contributed by atoms with E-state index in [-0.39, 0.29) is 5.92 Å². The summed E-state index contributed by atoms with van der Waals surface area (Å²) in [7, 11) is 2.12. The van der Waals surface area contributed by atoms with Crippen molar-refractivity contribution in [3.05, 3.63) is 0 Å². The van der Waals surface area contributed by atoms with Gasteiger partial charge in [0, 0.05) is 13.1 Å². The van der Waals surface area contributed by atoms with Crippen molar-refractivity contribution in [2.75, 3.05) is 20.1 Å². The Morgan fingerprint density at radius 1 is 1.33 bits per heavy atom. The van der Waals surface area contributed by atoms with Crippen molar-refractivity contribution < 1.29 is 9.90 Å². The van der Waals surface area contributed by atoms with Gasteiger partial charge in [0.2, 0.25) is 0 Å². The number of fused-ring (bicyclic) bond motifs is 1. The molecule has 1 N–H and O–H groups in total. The van der Waals surface area contributed by atoms with E-state index in [2.05, 4.69) is 11.9 Å². The molecule has 0 radical (unpaired) electrons. The molecule has 1 saturated carbocycles. The molecule has 0 aromatic carbocycles. The minimum atomic E-state index is -0.591. The van der Waals surface area contributed by atoms with Gasteiger partial charge in [-0.25, -0.2) is 0 Å². The standard InChI is InChI=1S/C9H15NO2/c1-10-4-7-2-6(9(11)12)3-8(7)5-10/h6-8H,2-5H2,1H3,(H,11,12)/t7-,8-/m0/s1. The highest BCUT2D eigenvalue weighted by atomic mass is 16.4. The van der Waals surface area contributed by atoms with Crippen LogP contribution in [0, 0.1) is 17.8 Å². The lowest BCUT2D eigenvalue weighted by molar-refractivity contribution is -0.141. The number of carboxylic acid groups (broad SMARTS) is 1. The van der Waals surface area contributed by atoms with Crippen molar-refractivity contribution in [3.63, 3.8) is 0 Å². The zero-order chi connectivity index (χ0) is 8.72. The van der Waals surface area contributed by atoms with Gasteiger partial charge in [0.05, 0.1) is 5.92 Å². The summed E-state index contributed by atoms with van der Waals surface area (Å²) in [5.41, 5.74) is 0. The zero-order valence-electron chi connectivity index (χ0n) is 7.36. The molecule has 0 amide bonds. The molecule has 0 aromatic rings. The Morgan fingerprint density at radius 2 is 1.83 bits per heavy atom. The van der Waals surface area contributed by atoms with Crippen LogP contribution >= 0.6 is 0 Å². The molecule has 3 heteroatoms. The van der Waals surface area contributed by atoms with E-state index in [1.165, 1.54) is 0 Å². The first-order valence-corrected chi connectivity index (χ1v) is 4.58. The van der Waals surface area contributed by atoms with E-state index in [1.54, 1.807) is 0 Å². The first-order chi connectivity index (χ1) is 5.66. The summed E-state index contributed by atoms with van der Waals surface area (Å²) in [5, 5.41) is 8.82. The predicted octanol–water partition coefficient (Wildman–Crippen LogP) is 0.659. The average Bonchev–Trinajstić information content (AvgIpc) is 2.42. The fourth-order valence-electron chi connectivity index (χ4n) is 2.74. The van der Waals surface area contributed by atoms with Crippen LogP contribution in [0.5, 0.6) is 0 Å². The van der Waals surface area contributed by atoms with E-state index in [1.807, 2.05) is 0 Å². The largest absolute Gasteiger partial charge is 0.481 e. The van der Waals surface area contributed by atoms with Crippen molar-refractivity contribution >= 4 is 5.97 Å². The van der Waals surface area contributed by atoms with Gasteiger partial charge in [0.1, 0.15) is 0 Å². The summed E-state index contributed by atoms with van der Waals surface area (Å²) in [6.45, 7) is 2.21. The lowest BCUT2D eigenvalue weighted by Gasteiger charge is -2.10. The van der Waals surface area contributed by atoms with Crippen LogP contribution in [0.2, 0.25) is 0 Å².